The van der Waals surface area contributed by atoms with Crippen molar-refractivity contribution >= 4 is 5.78 Å². The average molecular weight is 313 g/mol. The first-order valence-electron chi connectivity index (χ1n) is 9.90. The smallest absolute Gasteiger partial charge is 0.135 e. The van der Waals surface area contributed by atoms with Crippen molar-refractivity contribution in [3.05, 3.63) is 0 Å². The molecule has 0 saturated heterocycles. The van der Waals surface area contributed by atoms with Crippen molar-refractivity contribution in [3.8, 4) is 0 Å². The lowest BCUT2D eigenvalue weighted by atomic mass is 10.0. The highest BCUT2D eigenvalue weighted by Crippen LogP contribution is 2.13. The Hall–Kier alpha value is -0.370. The fourth-order valence-corrected chi connectivity index (χ4v) is 2.89. The summed E-state index contributed by atoms with van der Waals surface area (Å²) in [5.74, 6) is 0.250. The van der Waals surface area contributed by atoms with E-state index in [1.165, 1.54) is 64.2 Å². The molecule has 0 bridgehead atoms. The molecule has 0 spiro atoms. The number of rotatable bonds is 17. The lowest BCUT2D eigenvalue weighted by Gasteiger charge is -2.08. The lowest BCUT2D eigenvalue weighted by molar-refractivity contribution is -0.121. The second-order valence-corrected chi connectivity index (χ2v) is 6.82. The van der Waals surface area contributed by atoms with E-state index in [0.717, 1.165) is 25.7 Å². The van der Waals surface area contributed by atoms with Crippen LogP contribution in [0.4, 0.5) is 0 Å². The quantitative estimate of drug-likeness (QED) is 0.325. The van der Waals surface area contributed by atoms with E-state index >= 15 is 0 Å². The zero-order valence-corrected chi connectivity index (χ0v) is 15.2. The first-order chi connectivity index (χ1) is 10.7. The zero-order chi connectivity index (χ0) is 16.5. The van der Waals surface area contributed by atoms with Gasteiger partial charge < -0.3 is 5.11 Å². The molecule has 2 nitrogen and oxygen atoms in total. The maximum atomic E-state index is 11.7. The average Bonchev–Trinajstić information content (AvgIpc) is 2.50. The molecule has 0 aliphatic heterocycles. The molecule has 0 radical (unpaired) electrons. The normalized spacial score (nSPS) is 12.5. The van der Waals surface area contributed by atoms with Crippen LogP contribution in [0.1, 0.15) is 117 Å². The van der Waals surface area contributed by atoms with Crippen LogP contribution in [-0.4, -0.2) is 17.0 Å². The van der Waals surface area contributed by atoms with Crippen LogP contribution in [0.5, 0.6) is 0 Å². The van der Waals surface area contributed by atoms with E-state index in [-0.39, 0.29) is 5.78 Å². The second kappa shape index (κ2) is 17.0. The van der Waals surface area contributed by atoms with Crippen molar-refractivity contribution in [2.75, 3.05) is 0 Å². The second-order valence-electron chi connectivity index (χ2n) is 6.82. The monoisotopic (exact) mass is 312 g/mol. The Labute approximate surface area is 139 Å². The van der Waals surface area contributed by atoms with Crippen LogP contribution >= 0.6 is 0 Å². The fraction of sp³-hybridized carbons (Fsp3) is 0.950. The summed E-state index contributed by atoms with van der Waals surface area (Å²) in [6, 6.07) is 0. The molecular formula is C20H40O2. The molecule has 22 heavy (non-hydrogen) atoms. The SMILES string of the molecule is CCCCCCCCCCCCCC(=O)CC(O)CCCC. The van der Waals surface area contributed by atoms with Gasteiger partial charge in [0.05, 0.1) is 6.10 Å². The summed E-state index contributed by atoms with van der Waals surface area (Å²) < 4.78 is 0. The summed E-state index contributed by atoms with van der Waals surface area (Å²) in [4.78, 5) is 11.7. The molecule has 132 valence electrons. The molecule has 0 saturated carbocycles. The molecule has 0 aliphatic rings. The van der Waals surface area contributed by atoms with Crippen LogP contribution in [0, 0.1) is 0 Å². The molecule has 0 heterocycles. The van der Waals surface area contributed by atoms with Crippen molar-refractivity contribution in [3.63, 3.8) is 0 Å². The molecule has 0 aromatic carbocycles. The van der Waals surface area contributed by atoms with Crippen molar-refractivity contribution in [2.45, 2.75) is 123 Å². The van der Waals surface area contributed by atoms with Crippen LogP contribution in [0.25, 0.3) is 0 Å². The van der Waals surface area contributed by atoms with Gasteiger partial charge in [0.15, 0.2) is 0 Å². The van der Waals surface area contributed by atoms with Gasteiger partial charge in [-0.1, -0.05) is 90.9 Å². The minimum absolute atomic E-state index is 0.250. The molecule has 0 aromatic rings. The highest BCUT2D eigenvalue weighted by molar-refractivity contribution is 5.78. The van der Waals surface area contributed by atoms with E-state index in [2.05, 4.69) is 13.8 Å². The van der Waals surface area contributed by atoms with Crippen LogP contribution in [0.3, 0.4) is 0 Å². The van der Waals surface area contributed by atoms with E-state index in [0.29, 0.717) is 12.8 Å². The Balaban J connectivity index is 3.23. The van der Waals surface area contributed by atoms with Gasteiger partial charge in [0.1, 0.15) is 5.78 Å². The van der Waals surface area contributed by atoms with Crippen LogP contribution in [-0.2, 0) is 4.79 Å². The van der Waals surface area contributed by atoms with Crippen molar-refractivity contribution < 1.29 is 9.90 Å². The summed E-state index contributed by atoms with van der Waals surface area (Å²) in [5, 5.41) is 9.71. The third-order valence-electron chi connectivity index (χ3n) is 4.41. The number of aliphatic hydroxyl groups is 1. The largest absolute Gasteiger partial charge is 0.393 e. The molecule has 1 unspecified atom stereocenters. The van der Waals surface area contributed by atoms with Gasteiger partial charge >= 0.3 is 0 Å². The zero-order valence-electron chi connectivity index (χ0n) is 15.2. The number of carbonyl (C=O) groups is 1. The van der Waals surface area contributed by atoms with Gasteiger partial charge in [0.2, 0.25) is 0 Å². The number of hydrogen-bond acceptors (Lipinski definition) is 2. The van der Waals surface area contributed by atoms with Crippen LogP contribution in [0.15, 0.2) is 0 Å². The Morgan fingerprint density at radius 1 is 0.727 bits per heavy atom. The maximum Gasteiger partial charge on any atom is 0.135 e. The van der Waals surface area contributed by atoms with E-state index < -0.39 is 6.10 Å². The number of unbranched alkanes of at least 4 members (excludes halogenated alkanes) is 11. The molecule has 1 N–H and O–H groups in total. The molecule has 0 aliphatic carbocycles. The van der Waals surface area contributed by atoms with E-state index in [1.807, 2.05) is 0 Å². The summed E-state index contributed by atoms with van der Waals surface area (Å²) in [6.07, 6.45) is 18.0. The van der Waals surface area contributed by atoms with Crippen molar-refractivity contribution in [1.82, 2.24) is 0 Å². The first kappa shape index (κ1) is 21.6. The topological polar surface area (TPSA) is 37.3 Å². The standard InChI is InChI=1S/C20H40O2/c1-3-5-7-8-9-10-11-12-13-14-15-17-20(22)18-19(21)16-6-4-2/h19,21H,3-18H2,1-2H3. The third kappa shape index (κ3) is 16.0. The molecule has 2 heteroatoms. The summed E-state index contributed by atoms with van der Waals surface area (Å²) >= 11 is 0. The summed E-state index contributed by atoms with van der Waals surface area (Å²) in [7, 11) is 0. The number of aliphatic hydroxyl groups excluding tert-OH is 1. The van der Waals surface area contributed by atoms with Gasteiger partial charge in [-0.2, -0.15) is 0 Å². The number of Topliss-reactive ketones (excluding diaryl/α,β-unsaturated/α-hetero) is 1. The number of hydrogen-bond donors (Lipinski definition) is 1. The molecule has 0 amide bonds. The summed E-state index contributed by atoms with van der Waals surface area (Å²) in [5.41, 5.74) is 0. The van der Waals surface area contributed by atoms with Gasteiger partial charge in [-0.3, -0.25) is 4.79 Å². The van der Waals surface area contributed by atoms with Gasteiger partial charge in [0, 0.05) is 12.8 Å². The van der Waals surface area contributed by atoms with Crippen molar-refractivity contribution in [2.24, 2.45) is 0 Å². The first-order valence-corrected chi connectivity index (χ1v) is 9.90. The number of carbonyl (C=O) groups excluding carboxylic acids is 1. The minimum Gasteiger partial charge on any atom is -0.393 e. The highest BCUT2D eigenvalue weighted by atomic mass is 16.3. The fourth-order valence-electron chi connectivity index (χ4n) is 2.89. The third-order valence-corrected chi connectivity index (χ3v) is 4.41. The predicted molar refractivity (Wildman–Crippen MR) is 96.2 cm³/mol. The predicted octanol–water partition coefficient (Wildman–Crippen LogP) is 6.20. The van der Waals surface area contributed by atoms with E-state index in [9.17, 15) is 9.90 Å². The Kier molecular flexibility index (Phi) is 16.7. The van der Waals surface area contributed by atoms with Crippen LogP contribution < -0.4 is 0 Å². The van der Waals surface area contributed by atoms with E-state index in [1.54, 1.807) is 0 Å². The molecule has 0 aromatic heterocycles. The van der Waals surface area contributed by atoms with E-state index in [4.69, 9.17) is 0 Å². The lowest BCUT2D eigenvalue weighted by Crippen LogP contribution is -2.13. The maximum absolute atomic E-state index is 11.7. The van der Waals surface area contributed by atoms with Gasteiger partial charge in [-0.25, -0.2) is 0 Å². The van der Waals surface area contributed by atoms with Gasteiger partial charge in [-0.15, -0.1) is 0 Å². The van der Waals surface area contributed by atoms with Gasteiger partial charge in [0.25, 0.3) is 0 Å². The minimum atomic E-state index is -0.403. The Morgan fingerprint density at radius 2 is 1.18 bits per heavy atom. The molecule has 0 rings (SSSR count). The molecule has 1 atom stereocenters. The summed E-state index contributed by atoms with van der Waals surface area (Å²) in [6.45, 7) is 4.37. The van der Waals surface area contributed by atoms with Crippen LogP contribution in [0.2, 0.25) is 0 Å². The highest BCUT2D eigenvalue weighted by Gasteiger charge is 2.09. The Bertz CT molecular complexity index is 238. The molecule has 0 fully saturated rings. The Morgan fingerprint density at radius 3 is 1.68 bits per heavy atom. The number of ketones is 1. The van der Waals surface area contributed by atoms with Crippen molar-refractivity contribution in [1.29, 1.82) is 0 Å². The van der Waals surface area contributed by atoms with Gasteiger partial charge in [-0.05, 0) is 12.8 Å². The molecular weight excluding hydrogens is 272 g/mol.